The van der Waals surface area contributed by atoms with Gasteiger partial charge in [-0.25, -0.2) is 0 Å². The number of carbonyl (C=O) groups is 2. The minimum Gasteiger partial charge on any atom is -0.497 e. The highest BCUT2D eigenvalue weighted by molar-refractivity contribution is 5.97. The average Bonchev–Trinajstić information content (AvgIpc) is 3.22. The summed E-state index contributed by atoms with van der Waals surface area (Å²) in [6.07, 6.45) is 4.93. The van der Waals surface area contributed by atoms with Crippen LogP contribution in [0.5, 0.6) is 5.75 Å². The van der Waals surface area contributed by atoms with Crippen LogP contribution in [0.4, 0.5) is 0 Å². The molecule has 3 rings (SSSR count). The van der Waals surface area contributed by atoms with Gasteiger partial charge in [0.25, 0.3) is 0 Å². The summed E-state index contributed by atoms with van der Waals surface area (Å²) in [6, 6.07) is 7.25. The first-order valence-electron chi connectivity index (χ1n) is 9.77. The number of rotatable bonds is 6. The van der Waals surface area contributed by atoms with Gasteiger partial charge in [-0.05, 0) is 43.0 Å². The van der Waals surface area contributed by atoms with Crippen molar-refractivity contribution in [3.8, 4) is 5.75 Å². The van der Waals surface area contributed by atoms with Crippen molar-refractivity contribution in [2.45, 2.75) is 32.6 Å². The Morgan fingerprint density at radius 2 is 1.69 bits per heavy atom. The number of methoxy groups -OCH3 is 1. The van der Waals surface area contributed by atoms with Crippen LogP contribution in [-0.2, 0) is 4.79 Å². The maximum Gasteiger partial charge on any atom is 0.225 e. The summed E-state index contributed by atoms with van der Waals surface area (Å²) in [7, 11) is 1.62. The van der Waals surface area contributed by atoms with Crippen LogP contribution in [0.1, 0.15) is 43.0 Å². The molecule has 5 nitrogen and oxygen atoms in total. The lowest BCUT2D eigenvalue weighted by molar-refractivity contribution is -0.138. The summed E-state index contributed by atoms with van der Waals surface area (Å²) in [5.41, 5.74) is 0.708. The van der Waals surface area contributed by atoms with E-state index in [-0.39, 0.29) is 11.7 Å². The molecule has 1 amide bonds. The maximum absolute atomic E-state index is 12.7. The van der Waals surface area contributed by atoms with E-state index in [9.17, 15) is 9.59 Å². The Hall–Kier alpha value is -1.88. The van der Waals surface area contributed by atoms with Crippen molar-refractivity contribution in [3.05, 3.63) is 29.8 Å². The number of piperazine rings is 1. The van der Waals surface area contributed by atoms with Crippen LogP contribution < -0.4 is 4.74 Å². The van der Waals surface area contributed by atoms with E-state index in [0.717, 1.165) is 31.9 Å². The van der Waals surface area contributed by atoms with Gasteiger partial charge in [-0.2, -0.15) is 0 Å². The fraction of sp³-hybridized carbons (Fsp3) is 0.619. The molecule has 1 heterocycles. The number of ketones is 1. The van der Waals surface area contributed by atoms with Gasteiger partial charge < -0.3 is 9.64 Å². The lowest BCUT2D eigenvalue weighted by Crippen LogP contribution is -2.51. The third-order valence-corrected chi connectivity index (χ3v) is 5.96. The highest BCUT2D eigenvalue weighted by atomic mass is 16.5. The van der Waals surface area contributed by atoms with Gasteiger partial charge in [0, 0.05) is 37.7 Å². The molecule has 2 aliphatic rings. The molecule has 26 heavy (non-hydrogen) atoms. The summed E-state index contributed by atoms with van der Waals surface area (Å²) in [4.78, 5) is 29.3. The molecule has 1 saturated carbocycles. The monoisotopic (exact) mass is 358 g/mol. The van der Waals surface area contributed by atoms with E-state index in [2.05, 4.69) is 11.8 Å². The number of hydrogen-bond donors (Lipinski definition) is 0. The van der Waals surface area contributed by atoms with Gasteiger partial charge >= 0.3 is 0 Å². The van der Waals surface area contributed by atoms with E-state index in [1.165, 1.54) is 25.7 Å². The molecule has 1 aliphatic heterocycles. The van der Waals surface area contributed by atoms with Crippen molar-refractivity contribution in [2.75, 3.05) is 39.8 Å². The zero-order chi connectivity index (χ0) is 18.5. The Kier molecular flexibility index (Phi) is 6.30. The SMILES string of the molecule is COc1ccc(C(=O)CN2CCN(C(=O)C(C)C3CCCC3)CC2)cc1. The second-order valence-corrected chi connectivity index (χ2v) is 7.59. The molecule has 1 aromatic rings. The normalized spacial score (nSPS) is 20.2. The first kappa shape index (κ1) is 18.9. The topological polar surface area (TPSA) is 49.9 Å². The standard InChI is InChI=1S/C21H30N2O3/c1-16(17-5-3-4-6-17)21(25)23-13-11-22(12-14-23)15-20(24)18-7-9-19(26-2)10-8-18/h7-10,16-17H,3-6,11-15H2,1-2H3. The molecule has 142 valence electrons. The molecule has 1 aromatic carbocycles. The molecule has 0 aromatic heterocycles. The fourth-order valence-corrected chi connectivity index (χ4v) is 4.14. The van der Waals surface area contributed by atoms with Crippen LogP contribution in [0, 0.1) is 11.8 Å². The van der Waals surface area contributed by atoms with Gasteiger partial charge in [0.15, 0.2) is 5.78 Å². The molecule has 0 bridgehead atoms. The number of benzene rings is 1. The number of ether oxygens (including phenoxy) is 1. The van der Waals surface area contributed by atoms with Crippen molar-refractivity contribution in [2.24, 2.45) is 11.8 Å². The molecule has 1 unspecified atom stereocenters. The Labute approximate surface area is 156 Å². The van der Waals surface area contributed by atoms with Gasteiger partial charge in [-0.15, -0.1) is 0 Å². The molecule has 2 fully saturated rings. The highest BCUT2D eigenvalue weighted by Crippen LogP contribution is 2.32. The molecule has 0 N–H and O–H groups in total. The summed E-state index contributed by atoms with van der Waals surface area (Å²) in [6.45, 7) is 5.50. The largest absolute Gasteiger partial charge is 0.497 e. The molecule has 1 aliphatic carbocycles. The van der Waals surface area contributed by atoms with Gasteiger partial charge in [-0.1, -0.05) is 19.8 Å². The lowest BCUT2D eigenvalue weighted by atomic mass is 9.91. The average molecular weight is 358 g/mol. The Balaban J connectivity index is 1.47. The van der Waals surface area contributed by atoms with Crippen LogP contribution >= 0.6 is 0 Å². The summed E-state index contributed by atoms with van der Waals surface area (Å²) >= 11 is 0. The van der Waals surface area contributed by atoms with Crippen molar-refractivity contribution >= 4 is 11.7 Å². The molecule has 0 radical (unpaired) electrons. The third kappa shape index (κ3) is 4.44. The molecule has 1 atom stereocenters. The number of hydrogen-bond acceptors (Lipinski definition) is 4. The number of carbonyl (C=O) groups excluding carboxylic acids is 2. The summed E-state index contributed by atoms with van der Waals surface area (Å²) in [5.74, 6) is 1.89. The molecule has 0 spiro atoms. The minimum atomic E-state index is 0.117. The second kappa shape index (κ2) is 8.67. The Bertz CT molecular complexity index is 615. The smallest absolute Gasteiger partial charge is 0.225 e. The van der Waals surface area contributed by atoms with Crippen LogP contribution in [0.25, 0.3) is 0 Å². The third-order valence-electron chi connectivity index (χ3n) is 5.96. The van der Waals surface area contributed by atoms with Gasteiger partial charge in [0.1, 0.15) is 5.75 Å². The van der Waals surface area contributed by atoms with E-state index < -0.39 is 0 Å². The zero-order valence-electron chi connectivity index (χ0n) is 15.9. The first-order valence-corrected chi connectivity index (χ1v) is 9.77. The van der Waals surface area contributed by atoms with E-state index in [1.54, 1.807) is 7.11 Å². The highest BCUT2D eigenvalue weighted by Gasteiger charge is 2.31. The number of Topliss-reactive ketones (excluding diaryl/α,β-unsaturated/α-hetero) is 1. The van der Waals surface area contributed by atoms with E-state index in [0.29, 0.717) is 23.9 Å². The van der Waals surface area contributed by atoms with E-state index in [4.69, 9.17) is 4.74 Å². The second-order valence-electron chi connectivity index (χ2n) is 7.59. The predicted octanol–water partition coefficient (Wildman–Crippen LogP) is 2.85. The molecule has 5 heteroatoms. The van der Waals surface area contributed by atoms with E-state index >= 15 is 0 Å². The van der Waals surface area contributed by atoms with Crippen LogP contribution in [-0.4, -0.2) is 61.3 Å². The van der Waals surface area contributed by atoms with Crippen LogP contribution in [0.3, 0.4) is 0 Å². The molecule has 1 saturated heterocycles. The van der Waals surface area contributed by atoms with Gasteiger partial charge in [0.2, 0.25) is 5.91 Å². The van der Waals surface area contributed by atoms with Crippen molar-refractivity contribution in [3.63, 3.8) is 0 Å². The van der Waals surface area contributed by atoms with Crippen molar-refractivity contribution < 1.29 is 14.3 Å². The summed E-state index contributed by atoms with van der Waals surface area (Å²) < 4.78 is 5.13. The Morgan fingerprint density at radius 1 is 1.08 bits per heavy atom. The molecular formula is C21H30N2O3. The van der Waals surface area contributed by atoms with Crippen molar-refractivity contribution in [1.29, 1.82) is 0 Å². The summed E-state index contributed by atoms with van der Waals surface area (Å²) in [5, 5.41) is 0. The number of nitrogens with zero attached hydrogens (tertiary/aromatic N) is 2. The Morgan fingerprint density at radius 3 is 2.27 bits per heavy atom. The minimum absolute atomic E-state index is 0.117. The van der Waals surface area contributed by atoms with Crippen LogP contribution in [0.15, 0.2) is 24.3 Å². The van der Waals surface area contributed by atoms with Gasteiger partial charge in [0.05, 0.1) is 13.7 Å². The fourth-order valence-electron chi connectivity index (χ4n) is 4.14. The first-order chi connectivity index (χ1) is 12.6. The predicted molar refractivity (Wildman–Crippen MR) is 101 cm³/mol. The quantitative estimate of drug-likeness (QED) is 0.734. The zero-order valence-corrected chi connectivity index (χ0v) is 15.9. The van der Waals surface area contributed by atoms with Crippen molar-refractivity contribution in [1.82, 2.24) is 9.80 Å². The van der Waals surface area contributed by atoms with E-state index in [1.807, 2.05) is 29.2 Å². The van der Waals surface area contributed by atoms with Crippen LogP contribution in [0.2, 0.25) is 0 Å². The van der Waals surface area contributed by atoms with Gasteiger partial charge in [-0.3, -0.25) is 14.5 Å². The lowest BCUT2D eigenvalue weighted by Gasteiger charge is -2.36. The molecular weight excluding hydrogens is 328 g/mol. The maximum atomic E-state index is 12.7. The number of amides is 1.